The zero-order valence-corrected chi connectivity index (χ0v) is 15.6. The molecule has 1 aromatic heterocycles. The highest BCUT2D eigenvalue weighted by Gasteiger charge is 2.22. The fraction of sp³-hybridized carbons (Fsp3) is 0.810. The van der Waals surface area contributed by atoms with Crippen molar-refractivity contribution in [2.24, 2.45) is 0 Å². The van der Waals surface area contributed by atoms with Gasteiger partial charge >= 0.3 is 0 Å². The Hall–Kier alpha value is -1.32. The van der Waals surface area contributed by atoms with Gasteiger partial charge in [-0.15, -0.1) is 0 Å². The molecule has 2 heterocycles. The van der Waals surface area contributed by atoms with Crippen molar-refractivity contribution in [3.63, 3.8) is 0 Å². The van der Waals surface area contributed by atoms with Crippen molar-refractivity contribution in [1.82, 2.24) is 10.3 Å². The molecule has 1 unspecified atom stereocenters. The van der Waals surface area contributed by atoms with Gasteiger partial charge in [0.15, 0.2) is 5.89 Å². The first-order chi connectivity index (χ1) is 12.3. The first-order valence-corrected chi connectivity index (χ1v) is 10.6. The molecule has 1 atom stereocenters. The Balaban J connectivity index is 1.61. The third-order valence-electron chi connectivity index (χ3n) is 5.91. The van der Waals surface area contributed by atoms with E-state index in [1.54, 1.807) is 0 Å². The SMILES string of the molecule is O=C1CCCC(c2ncc(C3CCCCCCCCC3)o2)CCCN1. The molecule has 140 valence electrons. The number of carbonyl (C=O) groups is 1. The van der Waals surface area contributed by atoms with E-state index in [2.05, 4.69) is 10.3 Å². The van der Waals surface area contributed by atoms with Gasteiger partial charge < -0.3 is 9.73 Å². The number of rotatable bonds is 2. The van der Waals surface area contributed by atoms with E-state index in [1.807, 2.05) is 6.20 Å². The summed E-state index contributed by atoms with van der Waals surface area (Å²) in [5.74, 6) is 3.15. The van der Waals surface area contributed by atoms with Crippen molar-refractivity contribution < 1.29 is 9.21 Å². The molecular formula is C21H34N2O2. The Morgan fingerprint density at radius 1 is 0.840 bits per heavy atom. The summed E-state index contributed by atoms with van der Waals surface area (Å²) in [6.07, 6.45) is 18.7. The predicted molar refractivity (Wildman–Crippen MR) is 99.6 cm³/mol. The van der Waals surface area contributed by atoms with E-state index in [-0.39, 0.29) is 5.91 Å². The average Bonchev–Trinajstić information content (AvgIpc) is 3.13. The van der Waals surface area contributed by atoms with Gasteiger partial charge in [0, 0.05) is 24.8 Å². The molecule has 4 nitrogen and oxygen atoms in total. The second-order valence-corrected chi connectivity index (χ2v) is 7.93. The van der Waals surface area contributed by atoms with Gasteiger partial charge in [0.2, 0.25) is 5.91 Å². The van der Waals surface area contributed by atoms with Crippen LogP contribution in [0.5, 0.6) is 0 Å². The van der Waals surface area contributed by atoms with Crippen LogP contribution in [0.3, 0.4) is 0 Å². The minimum atomic E-state index is 0.190. The minimum Gasteiger partial charge on any atom is -0.445 e. The third kappa shape index (κ3) is 5.86. The molecule has 25 heavy (non-hydrogen) atoms. The normalized spacial score (nSPS) is 25.4. The molecule has 1 saturated heterocycles. The molecule has 0 bridgehead atoms. The van der Waals surface area contributed by atoms with E-state index in [0.717, 1.165) is 43.9 Å². The zero-order chi connectivity index (χ0) is 17.3. The standard InChI is InChI=1S/C21H34N2O2/c24-20-14-8-12-18(13-9-15-22-20)21-23-16-19(25-21)17-10-6-4-2-1-3-5-7-11-17/h16-18H,1-15H2,(H,22,24). The number of hydrogen-bond donors (Lipinski definition) is 1. The molecule has 2 aliphatic rings. The number of aromatic nitrogens is 1. The van der Waals surface area contributed by atoms with E-state index in [0.29, 0.717) is 18.3 Å². The monoisotopic (exact) mass is 346 g/mol. The lowest BCUT2D eigenvalue weighted by Gasteiger charge is -2.16. The summed E-state index contributed by atoms with van der Waals surface area (Å²) < 4.78 is 6.28. The minimum absolute atomic E-state index is 0.190. The van der Waals surface area contributed by atoms with Crippen LogP contribution in [0, 0.1) is 0 Å². The lowest BCUT2D eigenvalue weighted by atomic mass is 9.91. The number of carbonyl (C=O) groups excluding carboxylic acids is 1. The molecule has 1 saturated carbocycles. The lowest BCUT2D eigenvalue weighted by Crippen LogP contribution is -2.23. The largest absolute Gasteiger partial charge is 0.445 e. The van der Waals surface area contributed by atoms with Crippen LogP contribution in [0.2, 0.25) is 0 Å². The number of hydrogen-bond acceptors (Lipinski definition) is 3. The van der Waals surface area contributed by atoms with Gasteiger partial charge in [-0.1, -0.05) is 44.9 Å². The Bertz CT molecular complexity index is 516. The summed E-state index contributed by atoms with van der Waals surface area (Å²) in [7, 11) is 0. The summed E-state index contributed by atoms with van der Waals surface area (Å²) in [5, 5.41) is 2.99. The molecule has 3 rings (SSSR count). The molecule has 4 heteroatoms. The number of oxazole rings is 1. The molecule has 1 aromatic rings. The molecule has 1 N–H and O–H groups in total. The maximum absolute atomic E-state index is 11.6. The average molecular weight is 347 g/mol. The van der Waals surface area contributed by atoms with Gasteiger partial charge in [-0.25, -0.2) is 4.98 Å². The van der Waals surface area contributed by atoms with Crippen molar-refractivity contribution in [1.29, 1.82) is 0 Å². The Morgan fingerprint density at radius 2 is 1.48 bits per heavy atom. The first-order valence-electron chi connectivity index (χ1n) is 10.6. The number of nitrogens with zero attached hydrogens (tertiary/aromatic N) is 1. The molecule has 0 spiro atoms. The van der Waals surface area contributed by atoms with Crippen molar-refractivity contribution in [3.05, 3.63) is 17.8 Å². The maximum Gasteiger partial charge on any atom is 0.219 e. The highest BCUT2D eigenvalue weighted by Crippen LogP contribution is 2.34. The fourth-order valence-corrected chi connectivity index (χ4v) is 4.34. The van der Waals surface area contributed by atoms with Gasteiger partial charge in [0.05, 0.1) is 6.20 Å². The van der Waals surface area contributed by atoms with Gasteiger partial charge in [0.1, 0.15) is 5.76 Å². The molecular weight excluding hydrogens is 312 g/mol. The Kier molecular flexibility index (Phi) is 7.37. The van der Waals surface area contributed by atoms with Gasteiger partial charge in [-0.2, -0.15) is 0 Å². The highest BCUT2D eigenvalue weighted by atomic mass is 16.4. The number of amides is 1. The summed E-state index contributed by atoms with van der Waals surface area (Å²) in [5.41, 5.74) is 0. The maximum atomic E-state index is 11.6. The van der Waals surface area contributed by atoms with Crippen LogP contribution in [0.15, 0.2) is 10.6 Å². The summed E-state index contributed by atoms with van der Waals surface area (Å²) in [6.45, 7) is 0.783. The van der Waals surface area contributed by atoms with Crippen LogP contribution in [0.25, 0.3) is 0 Å². The lowest BCUT2D eigenvalue weighted by molar-refractivity contribution is -0.121. The molecule has 1 amide bonds. The van der Waals surface area contributed by atoms with Crippen molar-refractivity contribution in [2.75, 3.05) is 6.54 Å². The van der Waals surface area contributed by atoms with Crippen LogP contribution in [-0.2, 0) is 4.79 Å². The van der Waals surface area contributed by atoms with Crippen molar-refractivity contribution in [2.45, 2.75) is 102 Å². The van der Waals surface area contributed by atoms with E-state index >= 15 is 0 Å². The number of nitrogens with one attached hydrogen (secondary N) is 1. The third-order valence-corrected chi connectivity index (χ3v) is 5.91. The molecule has 0 aromatic carbocycles. The highest BCUT2D eigenvalue weighted by molar-refractivity contribution is 5.75. The predicted octanol–water partition coefficient (Wildman–Crippen LogP) is 5.45. The summed E-state index contributed by atoms with van der Waals surface area (Å²) in [4.78, 5) is 16.3. The Morgan fingerprint density at radius 3 is 2.24 bits per heavy atom. The first kappa shape index (κ1) is 18.5. The summed E-state index contributed by atoms with van der Waals surface area (Å²) >= 11 is 0. The van der Waals surface area contributed by atoms with Crippen molar-refractivity contribution in [3.8, 4) is 0 Å². The van der Waals surface area contributed by atoms with Gasteiger partial charge in [-0.3, -0.25) is 4.79 Å². The molecule has 2 fully saturated rings. The molecule has 0 radical (unpaired) electrons. The second kappa shape index (κ2) is 9.98. The van der Waals surface area contributed by atoms with E-state index in [4.69, 9.17) is 4.42 Å². The van der Waals surface area contributed by atoms with Crippen LogP contribution in [-0.4, -0.2) is 17.4 Å². The van der Waals surface area contributed by atoms with Crippen LogP contribution >= 0.6 is 0 Å². The smallest absolute Gasteiger partial charge is 0.219 e. The van der Waals surface area contributed by atoms with Crippen LogP contribution < -0.4 is 5.32 Å². The van der Waals surface area contributed by atoms with Crippen molar-refractivity contribution >= 4 is 5.91 Å². The van der Waals surface area contributed by atoms with E-state index in [1.165, 1.54) is 57.8 Å². The molecule has 1 aliphatic heterocycles. The van der Waals surface area contributed by atoms with Crippen LogP contribution in [0.4, 0.5) is 0 Å². The second-order valence-electron chi connectivity index (χ2n) is 7.93. The van der Waals surface area contributed by atoms with E-state index < -0.39 is 0 Å². The Labute approximate surface area is 152 Å². The van der Waals surface area contributed by atoms with Gasteiger partial charge in [-0.05, 0) is 38.5 Å². The van der Waals surface area contributed by atoms with Gasteiger partial charge in [0.25, 0.3) is 0 Å². The topological polar surface area (TPSA) is 55.1 Å². The van der Waals surface area contributed by atoms with E-state index in [9.17, 15) is 4.79 Å². The summed E-state index contributed by atoms with van der Waals surface area (Å²) in [6, 6.07) is 0. The quantitative estimate of drug-likeness (QED) is 0.775. The zero-order valence-electron chi connectivity index (χ0n) is 15.6. The van der Waals surface area contributed by atoms with Crippen LogP contribution in [0.1, 0.15) is 113 Å². The molecule has 1 aliphatic carbocycles. The fourth-order valence-electron chi connectivity index (χ4n) is 4.34.